The smallest absolute Gasteiger partial charge is 0.258 e. The van der Waals surface area contributed by atoms with Crippen LogP contribution in [0.5, 0.6) is 0 Å². The lowest BCUT2D eigenvalue weighted by Crippen LogP contribution is -2.35. The molecule has 1 rings (SSSR count). The molecular formula is C11H11F2N3O4S. The standard InChI is InChI=1S/C11H11F2N3O4S/c1-7(3-4-14)15(2)21(19,20)11-6-10(16(17)18)8(12)5-9(11)13/h5-7H,3H2,1-2H3. The lowest BCUT2D eigenvalue weighted by Gasteiger charge is -2.22. The molecule has 21 heavy (non-hydrogen) atoms. The molecule has 0 N–H and O–H groups in total. The van der Waals surface area contributed by atoms with Crippen LogP contribution in [0, 0.1) is 33.1 Å². The SMILES string of the molecule is CC(CC#N)N(C)S(=O)(=O)c1cc([N+](=O)[O-])c(F)cc1F. The Hall–Kier alpha value is -2.12. The molecule has 1 atom stereocenters. The highest BCUT2D eigenvalue weighted by Crippen LogP contribution is 2.27. The van der Waals surface area contributed by atoms with E-state index in [4.69, 9.17) is 5.26 Å². The van der Waals surface area contributed by atoms with E-state index in [9.17, 15) is 27.3 Å². The van der Waals surface area contributed by atoms with Gasteiger partial charge in [0.05, 0.1) is 17.4 Å². The highest BCUT2D eigenvalue weighted by atomic mass is 32.2. The van der Waals surface area contributed by atoms with Gasteiger partial charge in [-0.05, 0) is 6.92 Å². The van der Waals surface area contributed by atoms with Crippen LogP contribution in [0.3, 0.4) is 0 Å². The van der Waals surface area contributed by atoms with E-state index in [0.29, 0.717) is 10.4 Å². The number of hydrogen-bond acceptors (Lipinski definition) is 5. The number of sulfonamides is 1. The molecule has 114 valence electrons. The van der Waals surface area contributed by atoms with Gasteiger partial charge in [0, 0.05) is 25.2 Å². The first-order valence-electron chi connectivity index (χ1n) is 5.61. The molecular weight excluding hydrogens is 308 g/mol. The van der Waals surface area contributed by atoms with Gasteiger partial charge in [0.1, 0.15) is 10.7 Å². The molecule has 7 nitrogen and oxygen atoms in total. The molecule has 0 spiro atoms. The second-order valence-corrected chi connectivity index (χ2v) is 6.19. The fraction of sp³-hybridized carbons (Fsp3) is 0.364. The Balaban J connectivity index is 3.42. The van der Waals surface area contributed by atoms with Crippen LogP contribution in [-0.2, 0) is 10.0 Å². The summed E-state index contributed by atoms with van der Waals surface area (Å²) in [5.41, 5.74) is -1.14. The summed E-state index contributed by atoms with van der Waals surface area (Å²) in [5.74, 6) is -2.90. The van der Waals surface area contributed by atoms with Crippen molar-refractivity contribution in [3.8, 4) is 6.07 Å². The number of halogens is 2. The average molecular weight is 319 g/mol. The second-order valence-electron chi connectivity index (χ2n) is 4.22. The summed E-state index contributed by atoms with van der Waals surface area (Å²) in [6, 6.07) is 1.46. The number of nitrogens with zero attached hydrogens (tertiary/aromatic N) is 3. The zero-order chi connectivity index (χ0) is 16.4. The van der Waals surface area contributed by atoms with Gasteiger partial charge in [-0.3, -0.25) is 10.1 Å². The summed E-state index contributed by atoms with van der Waals surface area (Å²) < 4.78 is 52.0. The van der Waals surface area contributed by atoms with Crippen molar-refractivity contribution in [3.63, 3.8) is 0 Å². The molecule has 0 aliphatic heterocycles. The molecule has 0 aliphatic carbocycles. The van der Waals surface area contributed by atoms with E-state index in [0.717, 1.165) is 7.05 Å². The van der Waals surface area contributed by atoms with Crippen LogP contribution in [0.25, 0.3) is 0 Å². The molecule has 0 fully saturated rings. The Morgan fingerprint density at radius 3 is 2.48 bits per heavy atom. The van der Waals surface area contributed by atoms with Gasteiger partial charge in [-0.2, -0.15) is 14.0 Å². The van der Waals surface area contributed by atoms with E-state index >= 15 is 0 Å². The van der Waals surface area contributed by atoms with Gasteiger partial charge in [-0.15, -0.1) is 0 Å². The van der Waals surface area contributed by atoms with E-state index in [2.05, 4.69) is 0 Å². The molecule has 0 radical (unpaired) electrons. The van der Waals surface area contributed by atoms with Crippen molar-refractivity contribution < 1.29 is 22.1 Å². The van der Waals surface area contributed by atoms with Gasteiger partial charge >= 0.3 is 5.69 Å². The van der Waals surface area contributed by atoms with Crippen LogP contribution in [-0.4, -0.2) is 30.7 Å². The minimum absolute atomic E-state index is 0.147. The number of benzene rings is 1. The van der Waals surface area contributed by atoms with Crippen molar-refractivity contribution in [2.24, 2.45) is 0 Å². The zero-order valence-electron chi connectivity index (χ0n) is 11.1. The fourth-order valence-electron chi connectivity index (χ4n) is 1.51. The van der Waals surface area contributed by atoms with Crippen LogP contribution in [0.15, 0.2) is 17.0 Å². The number of nitriles is 1. The van der Waals surface area contributed by atoms with Gasteiger partial charge in [-0.25, -0.2) is 12.8 Å². The Labute approximate surface area is 119 Å². The average Bonchev–Trinajstić information content (AvgIpc) is 2.37. The molecule has 1 aromatic carbocycles. The van der Waals surface area contributed by atoms with E-state index in [1.165, 1.54) is 6.92 Å². The molecule has 0 amide bonds. The van der Waals surface area contributed by atoms with Gasteiger partial charge in [-0.1, -0.05) is 0 Å². The highest BCUT2D eigenvalue weighted by Gasteiger charge is 2.31. The largest absolute Gasteiger partial charge is 0.306 e. The lowest BCUT2D eigenvalue weighted by atomic mass is 10.3. The first kappa shape index (κ1) is 16.9. The summed E-state index contributed by atoms with van der Waals surface area (Å²) in [5, 5.41) is 19.2. The topological polar surface area (TPSA) is 104 Å². The monoisotopic (exact) mass is 319 g/mol. The molecule has 0 aromatic heterocycles. The molecule has 0 saturated heterocycles. The molecule has 0 bridgehead atoms. The Morgan fingerprint density at radius 1 is 1.43 bits per heavy atom. The minimum Gasteiger partial charge on any atom is -0.258 e. The first-order chi connectivity index (χ1) is 9.62. The first-order valence-corrected chi connectivity index (χ1v) is 7.05. The molecule has 1 aromatic rings. The van der Waals surface area contributed by atoms with Crippen molar-refractivity contribution in [3.05, 3.63) is 33.9 Å². The van der Waals surface area contributed by atoms with E-state index in [1.807, 2.05) is 0 Å². The van der Waals surface area contributed by atoms with E-state index < -0.39 is 43.2 Å². The van der Waals surface area contributed by atoms with Crippen molar-refractivity contribution in [1.29, 1.82) is 5.26 Å². The van der Waals surface area contributed by atoms with Gasteiger partial charge in [0.2, 0.25) is 15.8 Å². The molecule has 0 heterocycles. The Bertz CT molecular complexity index is 715. The van der Waals surface area contributed by atoms with Crippen LogP contribution >= 0.6 is 0 Å². The van der Waals surface area contributed by atoms with E-state index in [1.54, 1.807) is 6.07 Å². The third-order valence-electron chi connectivity index (χ3n) is 2.86. The molecule has 0 saturated carbocycles. The van der Waals surface area contributed by atoms with Gasteiger partial charge in [0.25, 0.3) is 0 Å². The van der Waals surface area contributed by atoms with Crippen LogP contribution < -0.4 is 0 Å². The normalized spacial score (nSPS) is 13.0. The number of rotatable bonds is 5. The maximum Gasteiger partial charge on any atom is 0.306 e. The molecule has 1 unspecified atom stereocenters. The molecule has 10 heteroatoms. The number of nitro groups is 1. The fourth-order valence-corrected chi connectivity index (χ4v) is 2.93. The van der Waals surface area contributed by atoms with Gasteiger partial charge < -0.3 is 0 Å². The molecule has 0 aliphatic rings. The second kappa shape index (κ2) is 6.11. The third-order valence-corrected chi connectivity index (χ3v) is 4.85. The number of nitro benzene ring substituents is 1. The Kier molecular flexibility index (Phi) is 4.93. The van der Waals surface area contributed by atoms with E-state index in [-0.39, 0.29) is 12.5 Å². The van der Waals surface area contributed by atoms with Crippen LogP contribution in [0.1, 0.15) is 13.3 Å². The number of hydrogen-bond donors (Lipinski definition) is 0. The predicted octanol–water partition coefficient (Wildman–Crippen LogP) is 1.80. The maximum atomic E-state index is 13.7. The summed E-state index contributed by atoms with van der Waals surface area (Å²) >= 11 is 0. The summed E-state index contributed by atoms with van der Waals surface area (Å²) in [6.45, 7) is 1.41. The quantitative estimate of drug-likeness (QED) is 0.608. The summed E-state index contributed by atoms with van der Waals surface area (Å²) in [6.07, 6.45) is -0.152. The van der Waals surface area contributed by atoms with Crippen molar-refractivity contribution in [2.45, 2.75) is 24.3 Å². The highest BCUT2D eigenvalue weighted by molar-refractivity contribution is 7.89. The van der Waals surface area contributed by atoms with Crippen molar-refractivity contribution in [1.82, 2.24) is 4.31 Å². The van der Waals surface area contributed by atoms with Crippen molar-refractivity contribution in [2.75, 3.05) is 7.05 Å². The third kappa shape index (κ3) is 3.32. The van der Waals surface area contributed by atoms with Crippen LogP contribution in [0.2, 0.25) is 0 Å². The van der Waals surface area contributed by atoms with Crippen molar-refractivity contribution >= 4 is 15.7 Å². The zero-order valence-corrected chi connectivity index (χ0v) is 11.9. The van der Waals surface area contributed by atoms with Crippen LogP contribution in [0.4, 0.5) is 14.5 Å². The maximum absolute atomic E-state index is 13.7. The summed E-state index contributed by atoms with van der Waals surface area (Å²) in [7, 11) is -3.32. The minimum atomic E-state index is -4.43. The Morgan fingerprint density at radius 2 is 2.00 bits per heavy atom. The summed E-state index contributed by atoms with van der Waals surface area (Å²) in [4.78, 5) is 8.45. The predicted molar refractivity (Wildman–Crippen MR) is 67.7 cm³/mol. The lowest BCUT2D eigenvalue weighted by molar-refractivity contribution is -0.387. The van der Waals surface area contributed by atoms with Gasteiger partial charge in [0.15, 0.2) is 0 Å².